The number of nitrogens with one attached hydrogen (secondary N) is 2. The van der Waals surface area contributed by atoms with Crippen LogP contribution in [0.4, 0.5) is 17.1 Å². The maximum Gasteiger partial charge on any atom is 0.250 e. The van der Waals surface area contributed by atoms with Crippen molar-refractivity contribution < 1.29 is 9.53 Å². The molecule has 0 aliphatic carbocycles. The third-order valence-electron chi connectivity index (χ3n) is 2.67. The fraction of sp³-hybridized carbons (Fsp3) is 0.188. The van der Waals surface area contributed by atoms with Gasteiger partial charge in [-0.3, -0.25) is 4.79 Å². The Bertz CT molecular complexity index is 538. The molecule has 2 rings (SSSR count). The average molecular weight is 270 g/mol. The Kier molecular flexibility index (Phi) is 5.15. The molecule has 0 atom stereocenters. The number of benzene rings is 2. The molecule has 0 aromatic heterocycles. The van der Waals surface area contributed by atoms with Crippen LogP contribution < -0.4 is 10.6 Å². The topological polar surface area (TPSA) is 50.4 Å². The zero-order valence-corrected chi connectivity index (χ0v) is 11.4. The van der Waals surface area contributed by atoms with E-state index in [9.17, 15) is 4.79 Å². The summed E-state index contributed by atoms with van der Waals surface area (Å²) in [4.78, 5) is 11.5. The van der Waals surface area contributed by atoms with Gasteiger partial charge in [0.25, 0.3) is 0 Å². The zero-order chi connectivity index (χ0) is 14.2. The van der Waals surface area contributed by atoms with E-state index in [1.807, 2.05) is 61.5 Å². The van der Waals surface area contributed by atoms with Crippen LogP contribution in [0.25, 0.3) is 0 Å². The van der Waals surface area contributed by atoms with Gasteiger partial charge in [0.15, 0.2) is 0 Å². The van der Waals surface area contributed by atoms with Crippen LogP contribution in [0.15, 0.2) is 54.6 Å². The van der Waals surface area contributed by atoms with Crippen LogP contribution in [-0.4, -0.2) is 19.1 Å². The van der Waals surface area contributed by atoms with Gasteiger partial charge < -0.3 is 15.4 Å². The van der Waals surface area contributed by atoms with Crippen molar-refractivity contribution in [1.82, 2.24) is 0 Å². The van der Waals surface area contributed by atoms with Crippen molar-refractivity contribution in [2.24, 2.45) is 0 Å². The molecular weight excluding hydrogens is 252 g/mol. The summed E-state index contributed by atoms with van der Waals surface area (Å²) >= 11 is 0. The molecule has 0 spiro atoms. The monoisotopic (exact) mass is 270 g/mol. The van der Waals surface area contributed by atoms with Gasteiger partial charge in [-0.25, -0.2) is 0 Å². The molecule has 0 aliphatic heterocycles. The van der Waals surface area contributed by atoms with Crippen molar-refractivity contribution in [3.63, 3.8) is 0 Å². The number of amides is 1. The summed E-state index contributed by atoms with van der Waals surface area (Å²) in [5, 5.41) is 6.06. The minimum absolute atomic E-state index is 0.0838. The third kappa shape index (κ3) is 4.40. The summed E-state index contributed by atoms with van der Waals surface area (Å²) in [5.74, 6) is -0.143. The zero-order valence-electron chi connectivity index (χ0n) is 11.4. The molecule has 0 aliphatic rings. The number of anilines is 3. The molecule has 0 heterocycles. The molecule has 2 aromatic rings. The molecule has 20 heavy (non-hydrogen) atoms. The number of ether oxygens (including phenoxy) is 1. The largest absolute Gasteiger partial charge is 0.372 e. The molecule has 2 N–H and O–H groups in total. The van der Waals surface area contributed by atoms with Crippen LogP contribution >= 0.6 is 0 Å². The summed E-state index contributed by atoms with van der Waals surface area (Å²) in [5.41, 5.74) is 2.76. The third-order valence-corrected chi connectivity index (χ3v) is 2.67. The normalized spacial score (nSPS) is 10.1. The SMILES string of the molecule is CCOCC(=O)Nc1ccc(Nc2ccccc2)cc1. The number of hydrogen-bond acceptors (Lipinski definition) is 3. The van der Waals surface area contributed by atoms with Crippen LogP contribution in [0.3, 0.4) is 0 Å². The Morgan fingerprint density at radius 3 is 2.20 bits per heavy atom. The minimum atomic E-state index is -0.143. The smallest absolute Gasteiger partial charge is 0.250 e. The second-order valence-electron chi connectivity index (χ2n) is 4.25. The van der Waals surface area contributed by atoms with Crippen molar-refractivity contribution in [1.29, 1.82) is 0 Å². The van der Waals surface area contributed by atoms with Gasteiger partial charge in [-0.05, 0) is 43.3 Å². The van der Waals surface area contributed by atoms with E-state index in [1.165, 1.54) is 0 Å². The van der Waals surface area contributed by atoms with Gasteiger partial charge in [0, 0.05) is 23.7 Å². The van der Waals surface area contributed by atoms with E-state index >= 15 is 0 Å². The number of carbonyl (C=O) groups is 1. The van der Waals surface area contributed by atoms with Crippen LogP contribution in [0.2, 0.25) is 0 Å². The van der Waals surface area contributed by atoms with E-state index in [0.717, 1.165) is 17.1 Å². The molecular formula is C16H18N2O2. The van der Waals surface area contributed by atoms with Crippen LogP contribution in [0, 0.1) is 0 Å². The first-order valence-corrected chi connectivity index (χ1v) is 6.57. The van der Waals surface area contributed by atoms with Crippen molar-refractivity contribution in [2.45, 2.75) is 6.92 Å². The van der Waals surface area contributed by atoms with Gasteiger partial charge in [0.2, 0.25) is 5.91 Å². The summed E-state index contributed by atoms with van der Waals surface area (Å²) in [6, 6.07) is 17.5. The molecule has 0 saturated carbocycles. The van der Waals surface area contributed by atoms with Crippen molar-refractivity contribution in [3.05, 3.63) is 54.6 Å². The highest BCUT2D eigenvalue weighted by Gasteiger charge is 2.01. The first-order chi connectivity index (χ1) is 9.78. The van der Waals surface area contributed by atoms with Gasteiger partial charge in [0.1, 0.15) is 6.61 Å². The molecule has 2 aromatic carbocycles. The van der Waals surface area contributed by atoms with E-state index in [-0.39, 0.29) is 12.5 Å². The Balaban J connectivity index is 1.91. The molecule has 0 unspecified atom stereocenters. The second kappa shape index (κ2) is 7.31. The Hall–Kier alpha value is -2.33. The Morgan fingerprint density at radius 2 is 1.55 bits per heavy atom. The molecule has 1 amide bonds. The van der Waals surface area contributed by atoms with Crippen molar-refractivity contribution in [3.8, 4) is 0 Å². The van der Waals surface area contributed by atoms with E-state index in [2.05, 4.69) is 10.6 Å². The van der Waals surface area contributed by atoms with Gasteiger partial charge in [-0.1, -0.05) is 18.2 Å². The summed E-state index contributed by atoms with van der Waals surface area (Å²) < 4.78 is 5.05. The number of carbonyl (C=O) groups excluding carboxylic acids is 1. The lowest BCUT2D eigenvalue weighted by atomic mass is 10.2. The summed E-state index contributed by atoms with van der Waals surface area (Å²) in [6.45, 7) is 2.48. The molecule has 104 valence electrons. The summed E-state index contributed by atoms with van der Waals surface area (Å²) in [7, 11) is 0. The lowest BCUT2D eigenvalue weighted by molar-refractivity contribution is -0.120. The molecule has 0 fully saturated rings. The van der Waals surface area contributed by atoms with Gasteiger partial charge in [-0.15, -0.1) is 0 Å². The highest BCUT2D eigenvalue weighted by atomic mass is 16.5. The quantitative estimate of drug-likeness (QED) is 0.845. The van der Waals surface area contributed by atoms with Crippen molar-refractivity contribution in [2.75, 3.05) is 23.8 Å². The molecule has 4 nitrogen and oxygen atoms in total. The maximum absolute atomic E-state index is 11.5. The Labute approximate surface area is 118 Å². The van der Waals surface area contributed by atoms with E-state index in [4.69, 9.17) is 4.74 Å². The summed E-state index contributed by atoms with van der Waals surface area (Å²) in [6.07, 6.45) is 0. The maximum atomic E-state index is 11.5. The standard InChI is InChI=1S/C16H18N2O2/c1-2-20-12-16(19)18-15-10-8-14(9-11-15)17-13-6-4-3-5-7-13/h3-11,17H,2,12H2,1H3,(H,18,19). The molecule has 0 bridgehead atoms. The highest BCUT2D eigenvalue weighted by Crippen LogP contribution is 2.18. The van der Waals surface area contributed by atoms with E-state index < -0.39 is 0 Å². The number of rotatable bonds is 6. The molecule has 0 radical (unpaired) electrons. The Morgan fingerprint density at radius 1 is 0.950 bits per heavy atom. The van der Waals surface area contributed by atoms with Crippen molar-refractivity contribution >= 4 is 23.0 Å². The van der Waals surface area contributed by atoms with Gasteiger partial charge >= 0.3 is 0 Å². The predicted octanol–water partition coefficient (Wildman–Crippen LogP) is 3.41. The fourth-order valence-electron chi connectivity index (χ4n) is 1.72. The minimum Gasteiger partial charge on any atom is -0.372 e. The fourth-order valence-corrected chi connectivity index (χ4v) is 1.72. The number of para-hydroxylation sites is 1. The van der Waals surface area contributed by atoms with E-state index in [0.29, 0.717) is 6.61 Å². The first kappa shape index (κ1) is 14.1. The number of hydrogen-bond donors (Lipinski definition) is 2. The lowest BCUT2D eigenvalue weighted by Crippen LogP contribution is -2.18. The highest BCUT2D eigenvalue weighted by molar-refractivity contribution is 5.91. The first-order valence-electron chi connectivity index (χ1n) is 6.57. The van der Waals surface area contributed by atoms with Gasteiger partial charge in [0.05, 0.1) is 0 Å². The lowest BCUT2D eigenvalue weighted by Gasteiger charge is -2.08. The molecule has 0 saturated heterocycles. The van der Waals surface area contributed by atoms with Crippen LogP contribution in [0.5, 0.6) is 0 Å². The van der Waals surface area contributed by atoms with E-state index in [1.54, 1.807) is 0 Å². The second-order valence-corrected chi connectivity index (χ2v) is 4.25. The van der Waals surface area contributed by atoms with Crippen LogP contribution in [0.1, 0.15) is 6.92 Å². The van der Waals surface area contributed by atoms with Crippen LogP contribution in [-0.2, 0) is 9.53 Å². The predicted molar refractivity (Wildman–Crippen MR) is 81.3 cm³/mol. The molecule has 4 heteroatoms. The average Bonchev–Trinajstić information content (AvgIpc) is 2.48. The van der Waals surface area contributed by atoms with Gasteiger partial charge in [-0.2, -0.15) is 0 Å².